The lowest BCUT2D eigenvalue weighted by Crippen LogP contribution is -2.50. The lowest BCUT2D eigenvalue weighted by atomic mass is 9.71. The van der Waals surface area contributed by atoms with Crippen molar-refractivity contribution in [2.45, 2.75) is 59.4 Å². The highest BCUT2D eigenvalue weighted by molar-refractivity contribution is 6.17. The van der Waals surface area contributed by atoms with E-state index in [1.807, 2.05) is 45.9 Å². The van der Waals surface area contributed by atoms with E-state index in [1.165, 1.54) is 17.2 Å². The van der Waals surface area contributed by atoms with Gasteiger partial charge in [0, 0.05) is 46.7 Å². The molecule has 1 aromatic heterocycles. The van der Waals surface area contributed by atoms with Gasteiger partial charge in [0.1, 0.15) is 5.75 Å². The maximum atomic E-state index is 14.1. The van der Waals surface area contributed by atoms with Gasteiger partial charge in [0.25, 0.3) is 5.91 Å². The molecule has 0 saturated carbocycles. The van der Waals surface area contributed by atoms with Crippen molar-refractivity contribution in [3.63, 3.8) is 0 Å². The molecular weight excluding hydrogens is 528 g/mol. The smallest absolute Gasteiger partial charge is 0.339 e. The fourth-order valence-corrected chi connectivity index (χ4v) is 6.22. The first kappa shape index (κ1) is 30.2. The van der Waals surface area contributed by atoms with Crippen LogP contribution in [0.25, 0.3) is 16.5 Å². The van der Waals surface area contributed by atoms with E-state index >= 15 is 0 Å². The van der Waals surface area contributed by atoms with E-state index in [0.29, 0.717) is 18.1 Å². The van der Waals surface area contributed by atoms with Crippen molar-refractivity contribution in [1.29, 1.82) is 0 Å². The summed E-state index contributed by atoms with van der Waals surface area (Å²) in [6.45, 7) is 15.6. The Kier molecular flexibility index (Phi) is 8.87. The molecule has 1 aliphatic heterocycles. The van der Waals surface area contributed by atoms with Crippen LogP contribution >= 0.6 is 0 Å². The van der Waals surface area contributed by atoms with Crippen molar-refractivity contribution in [2.75, 3.05) is 26.2 Å². The lowest BCUT2D eigenvalue weighted by molar-refractivity contribution is -0.130. The molecule has 0 aliphatic carbocycles. The minimum Gasteiger partial charge on any atom is -0.493 e. The Morgan fingerprint density at radius 3 is 2.41 bits per heavy atom. The zero-order chi connectivity index (χ0) is 30.1. The van der Waals surface area contributed by atoms with Crippen LogP contribution in [0.2, 0.25) is 0 Å². The van der Waals surface area contributed by atoms with Crippen LogP contribution in [0.1, 0.15) is 69.6 Å². The van der Waals surface area contributed by atoms with Gasteiger partial charge in [-0.3, -0.25) is 4.79 Å². The Balaban J connectivity index is 1.78. The Morgan fingerprint density at radius 1 is 1.10 bits per heavy atom. The Bertz CT molecular complexity index is 1470. The fourth-order valence-electron chi connectivity index (χ4n) is 6.22. The van der Waals surface area contributed by atoms with Gasteiger partial charge < -0.3 is 24.6 Å². The van der Waals surface area contributed by atoms with E-state index < -0.39 is 35.0 Å². The number of carboxylic acids is 1. The second-order valence-electron chi connectivity index (χ2n) is 11.4. The molecule has 0 bridgehead atoms. The molecule has 1 atom stereocenters. The number of aromatic amines is 1. The third kappa shape index (κ3) is 5.86. The number of nitrogens with zero attached hydrogens (tertiary/aromatic N) is 2. The van der Waals surface area contributed by atoms with Crippen molar-refractivity contribution < 1.29 is 28.2 Å². The number of carbonyl (C=O) groups excluding carboxylic acids is 1. The molecule has 3 aromatic rings. The number of carboxylic acid groups (broad SMARTS) is 1. The average molecular weight is 568 g/mol. The van der Waals surface area contributed by atoms with Gasteiger partial charge in [-0.1, -0.05) is 41.5 Å². The first-order valence-electron chi connectivity index (χ1n) is 14.1. The number of H-pyrrole nitrogens is 1. The van der Waals surface area contributed by atoms with Crippen molar-refractivity contribution in [3.05, 3.63) is 71.1 Å². The molecule has 9 heteroatoms. The van der Waals surface area contributed by atoms with Gasteiger partial charge in [-0.15, -0.1) is 0 Å². The molecule has 2 N–H and O–H groups in total. The van der Waals surface area contributed by atoms with Crippen LogP contribution in [0, 0.1) is 17.6 Å². The van der Waals surface area contributed by atoms with E-state index in [4.69, 9.17) is 4.74 Å². The van der Waals surface area contributed by atoms with E-state index in [9.17, 15) is 23.5 Å². The minimum atomic E-state index is -1.21. The van der Waals surface area contributed by atoms with E-state index in [1.54, 1.807) is 0 Å². The van der Waals surface area contributed by atoms with Gasteiger partial charge in [-0.2, -0.15) is 0 Å². The van der Waals surface area contributed by atoms with Gasteiger partial charge in [0.2, 0.25) is 0 Å². The molecular formula is C32H39F2N3O4. The Hall–Kier alpha value is -3.72. The molecule has 0 spiro atoms. The summed E-state index contributed by atoms with van der Waals surface area (Å²) in [7, 11) is 0. The Labute approximate surface area is 239 Å². The van der Waals surface area contributed by atoms with Gasteiger partial charge >= 0.3 is 5.97 Å². The van der Waals surface area contributed by atoms with Gasteiger partial charge in [0.05, 0.1) is 17.9 Å². The summed E-state index contributed by atoms with van der Waals surface area (Å²) in [5.74, 6) is -3.46. The highest BCUT2D eigenvalue weighted by atomic mass is 19.2. The summed E-state index contributed by atoms with van der Waals surface area (Å²) in [6, 6.07) is 8.14. The van der Waals surface area contributed by atoms with Crippen LogP contribution in [0.15, 0.2) is 42.6 Å². The quantitative estimate of drug-likeness (QED) is 0.276. The first-order valence-corrected chi connectivity index (χ1v) is 14.1. The van der Waals surface area contributed by atoms with Crippen LogP contribution in [0.3, 0.4) is 0 Å². The molecule has 1 aliphatic rings. The number of nitrogens with one attached hydrogen (secondary N) is 1. The Morgan fingerprint density at radius 2 is 1.80 bits per heavy atom. The normalized spacial score (nSPS) is 16.6. The summed E-state index contributed by atoms with van der Waals surface area (Å²) in [6.07, 6.45) is 2.21. The topological polar surface area (TPSA) is 85.9 Å². The van der Waals surface area contributed by atoms with Gasteiger partial charge in [-0.25, -0.2) is 13.6 Å². The number of hydrogen-bond donors (Lipinski definition) is 2. The molecule has 2 heterocycles. The average Bonchev–Trinajstić information content (AvgIpc) is 3.26. The number of ether oxygens (including phenoxy) is 1. The molecule has 2 aromatic carbocycles. The number of rotatable bonds is 10. The van der Waals surface area contributed by atoms with Crippen LogP contribution in [-0.2, 0) is 10.2 Å². The first-order chi connectivity index (χ1) is 19.4. The highest BCUT2D eigenvalue weighted by Crippen LogP contribution is 2.46. The molecule has 1 amide bonds. The molecule has 41 heavy (non-hydrogen) atoms. The molecule has 7 nitrogen and oxygen atoms in total. The summed E-state index contributed by atoms with van der Waals surface area (Å²) in [5.41, 5.74) is 1.01. The van der Waals surface area contributed by atoms with Crippen molar-refractivity contribution >= 4 is 28.4 Å². The van der Waals surface area contributed by atoms with Crippen molar-refractivity contribution in [3.8, 4) is 5.75 Å². The third-order valence-corrected chi connectivity index (χ3v) is 8.04. The maximum absolute atomic E-state index is 14.1. The van der Waals surface area contributed by atoms with Gasteiger partial charge in [-0.05, 0) is 61.3 Å². The molecule has 0 fully saturated rings. The molecule has 1 unspecified atom stereocenters. The predicted molar refractivity (Wildman–Crippen MR) is 156 cm³/mol. The number of hydrogen-bond acceptors (Lipinski definition) is 4. The number of aliphatic carboxylic acids is 1. The highest BCUT2D eigenvalue weighted by Gasteiger charge is 2.45. The predicted octanol–water partition coefficient (Wildman–Crippen LogP) is 6.44. The number of carbonyl (C=O) groups is 2. The SMILES string of the molecule is CCN(CC)CCCOc1ccc2c3c([nH]c2c1)C(C(=O)O)=CN(C(=O)c1ccc(F)c(F)c1)C(C(C)C)C3(C)C. The second kappa shape index (κ2) is 12.0. The molecule has 220 valence electrons. The minimum absolute atomic E-state index is 0.0652. The summed E-state index contributed by atoms with van der Waals surface area (Å²) < 4.78 is 33.7. The van der Waals surface area contributed by atoms with Crippen LogP contribution in [0.4, 0.5) is 8.78 Å². The van der Waals surface area contributed by atoms with E-state index in [2.05, 4.69) is 23.7 Å². The largest absolute Gasteiger partial charge is 0.493 e. The summed E-state index contributed by atoms with van der Waals surface area (Å²) in [4.78, 5) is 33.4. The van der Waals surface area contributed by atoms with Crippen LogP contribution in [0.5, 0.6) is 5.75 Å². The second-order valence-corrected chi connectivity index (χ2v) is 11.4. The van der Waals surface area contributed by atoms with E-state index in [-0.39, 0.29) is 17.1 Å². The number of halogens is 2. The van der Waals surface area contributed by atoms with Crippen LogP contribution < -0.4 is 4.74 Å². The molecule has 0 radical (unpaired) electrons. The van der Waals surface area contributed by atoms with E-state index in [0.717, 1.165) is 54.7 Å². The maximum Gasteiger partial charge on any atom is 0.339 e. The van der Waals surface area contributed by atoms with Crippen molar-refractivity contribution in [1.82, 2.24) is 14.8 Å². The zero-order valence-corrected chi connectivity index (χ0v) is 24.6. The number of amides is 1. The molecule has 0 saturated heterocycles. The van der Waals surface area contributed by atoms with Gasteiger partial charge in [0.15, 0.2) is 11.6 Å². The zero-order valence-electron chi connectivity index (χ0n) is 24.6. The third-order valence-electron chi connectivity index (χ3n) is 8.04. The van der Waals surface area contributed by atoms with Crippen LogP contribution in [-0.4, -0.2) is 64.0 Å². The lowest BCUT2D eigenvalue weighted by Gasteiger charge is -2.42. The number of aromatic nitrogens is 1. The summed E-state index contributed by atoms with van der Waals surface area (Å²) >= 11 is 0. The number of fused-ring (bicyclic) bond motifs is 3. The standard InChI is InChI=1S/C32H39F2N3O4/c1-7-36(8-2)14-9-15-41-21-11-12-22-26(17-21)35-28-23(31(39)40)18-37(29(19(3)4)32(5,6)27(22)28)30(38)20-10-13-24(33)25(34)16-20/h10-13,16-19,29,35H,7-9,14-15H2,1-6H3,(H,39,40). The number of benzene rings is 2. The fraction of sp³-hybridized carbons (Fsp3) is 0.438. The summed E-state index contributed by atoms with van der Waals surface area (Å²) in [5, 5.41) is 11.1. The van der Waals surface area contributed by atoms with Crippen molar-refractivity contribution in [2.24, 2.45) is 5.92 Å². The molecule has 4 rings (SSSR count). The monoisotopic (exact) mass is 567 g/mol.